The normalized spacial score (nSPS) is 11.9. The van der Waals surface area contributed by atoms with Crippen molar-refractivity contribution < 1.29 is 9.31 Å². The van der Waals surface area contributed by atoms with Gasteiger partial charge in [0.1, 0.15) is 11.6 Å². The van der Waals surface area contributed by atoms with Gasteiger partial charge in [0.05, 0.1) is 17.0 Å². The van der Waals surface area contributed by atoms with Gasteiger partial charge in [-0.1, -0.05) is 12.1 Å². The van der Waals surface area contributed by atoms with Crippen LogP contribution in [0.2, 0.25) is 0 Å². The Kier molecular flexibility index (Phi) is 3.70. The third-order valence-electron chi connectivity index (χ3n) is 2.67. The average molecular weight is 261 g/mol. The number of rotatable bonds is 4. The maximum absolute atomic E-state index is 13.1. The van der Waals surface area contributed by atoms with Crippen LogP contribution in [-0.4, -0.2) is 9.91 Å². The zero-order valence-electron chi connectivity index (χ0n) is 10.2. The molecule has 1 atom stereocenters. The number of pyridine rings is 1. The second-order valence-electron chi connectivity index (χ2n) is 4.08. The van der Waals surface area contributed by atoms with Crippen LogP contribution >= 0.6 is 0 Å². The van der Waals surface area contributed by atoms with Gasteiger partial charge in [-0.3, -0.25) is 10.1 Å². The maximum atomic E-state index is 13.1. The predicted molar refractivity (Wildman–Crippen MR) is 69.3 cm³/mol. The Morgan fingerprint density at radius 1 is 1.37 bits per heavy atom. The summed E-state index contributed by atoms with van der Waals surface area (Å²) in [5.74, 6) is 0.0594. The minimum atomic E-state index is -0.486. The number of nitrogens with zero attached hydrogens (tertiary/aromatic N) is 2. The molecule has 98 valence electrons. The molecule has 0 saturated carbocycles. The summed E-state index contributed by atoms with van der Waals surface area (Å²) < 4.78 is 13.1. The van der Waals surface area contributed by atoms with Gasteiger partial charge in [0.2, 0.25) is 0 Å². The molecule has 0 fully saturated rings. The fourth-order valence-electron chi connectivity index (χ4n) is 1.69. The molecule has 0 amide bonds. The zero-order valence-corrected chi connectivity index (χ0v) is 10.2. The van der Waals surface area contributed by atoms with Crippen molar-refractivity contribution in [1.29, 1.82) is 0 Å². The Morgan fingerprint density at radius 2 is 2.16 bits per heavy atom. The molecular weight excluding hydrogens is 249 g/mol. The van der Waals surface area contributed by atoms with E-state index in [9.17, 15) is 14.5 Å². The molecule has 1 unspecified atom stereocenters. The van der Waals surface area contributed by atoms with Crippen LogP contribution in [-0.2, 0) is 0 Å². The summed E-state index contributed by atoms with van der Waals surface area (Å²) >= 11 is 0. The van der Waals surface area contributed by atoms with Gasteiger partial charge in [0.25, 0.3) is 5.69 Å². The van der Waals surface area contributed by atoms with E-state index < -0.39 is 4.92 Å². The lowest BCUT2D eigenvalue weighted by Gasteiger charge is -2.14. The molecule has 0 aliphatic heterocycles. The second kappa shape index (κ2) is 5.43. The minimum absolute atomic E-state index is 0.0380. The summed E-state index contributed by atoms with van der Waals surface area (Å²) in [7, 11) is 0. The molecule has 1 aromatic carbocycles. The summed E-state index contributed by atoms with van der Waals surface area (Å²) in [5.41, 5.74) is 0.706. The molecule has 1 heterocycles. The van der Waals surface area contributed by atoms with Gasteiger partial charge in [-0.05, 0) is 24.6 Å². The van der Waals surface area contributed by atoms with Crippen LogP contribution in [0.4, 0.5) is 15.9 Å². The second-order valence-corrected chi connectivity index (χ2v) is 4.08. The predicted octanol–water partition coefficient (Wildman–Crippen LogP) is 3.30. The fraction of sp³-hybridized carbons (Fsp3) is 0.154. The summed E-state index contributed by atoms with van der Waals surface area (Å²) in [6.07, 6.45) is 1.36. The quantitative estimate of drug-likeness (QED) is 0.677. The van der Waals surface area contributed by atoms with Crippen LogP contribution in [0.5, 0.6) is 0 Å². The SMILES string of the molecule is CC(Nc1cc([N+](=O)[O-])ccn1)c1cccc(F)c1. The molecule has 1 N–H and O–H groups in total. The van der Waals surface area contributed by atoms with Crippen molar-refractivity contribution in [3.05, 3.63) is 64.1 Å². The van der Waals surface area contributed by atoms with E-state index in [-0.39, 0.29) is 17.5 Å². The highest BCUT2D eigenvalue weighted by Crippen LogP contribution is 2.21. The number of nitrogens with one attached hydrogen (secondary N) is 1. The lowest BCUT2D eigenvalue weighted by molar-refractivity contribution is -0.384. The van der Waals surface area contributed by atoms with Gasteiger partial charge in [-0.2, -0.15) is 0 Å². The van der Waals surface area contributed by atoms with Crippen LogP contribution in [0.3, 0.4) is 0 Å². The highest BCUT2D eigenvalue weighted by molar-refractivity contribution is 5.45. The fourth-order valence-corrected chi connectivity index (χ4v) is 1.69. The number of aromatic nitrogens is 1. The molecule has 0 spiro atoms. The molecule has 0 aliphatic rings. The lowest BCUT2D eigenvalue weighted by atomic mass is 10.1. The molecule has 0 radical (unpaired) electrons. The van der Waals surface area contributed by atoms with Gasteiger partial charge in [0.15, 0.2) is 0 Å². The highest BCUT2D eigenvalue weighted by Gasteiger charge is 2.10. The smallest absolute Gasteiger partial charge is 0.274 e. The lowest BCUT2D eigenvalue weighted by Crippen LogP contribution is -2.08. The number of hydrogen-bond acceptors (Lipinski definition) is 4. The van der Waals surface area contributed by atoms with Crippen LogP contribution in [0.25, 0.3) is 0 Å². The minimum Gasteiger partial charge on any atom is -0.363 e. The van der Waals surface area contributed by atoms with Crippen molar-refractivity contribution in [2.45, 2.75) is 13.0 Å². The Balaban J connectivity index is 2.17. The Morgan fingerprint density at radius 3 is 2.84 bits per heavy atom. The van der Waals surface area contributed by atoms with Crippen LogP contribution in [0.1, 0.15) is 18.5 Å². The standard InChI is InChI=1S/C13H12FN3O2/c1-9(10-3-2-4-11(14)7-10)16-13-8-12(17(18)19)5-6-15-13/h2-9H,1H3,(H,15,16). The molecule has 6 heteroatoms. The van der Waals surface area contributed by atoms with Crippen LogP contribution < -0.4 is 5.32 Å². The van der Waals surface area contributed by atoms with E-state index in [0.717, 1.165) is 5.56 Å². The van der Waals surface area contributed by atoms with E-state index in [4.69, 9.17) is 0 Å². The van der Waals surface area contributed by atoms with Crippen LogP contribution in [0, 0.1) is 15.9 Å². The average Bonchev–Trinajstić information content (AvgIpc) is 2.39. The molecule has 0 aliphatic carbocycles. The Hall–Kier alpha value is -2.50. The van der Waals surface area contributed by atoms with Crippen molar-refractivity contribution in [2.24, 2.45) is 0 Å². The molecule has 5 nitrogen and oxygen atoms in total. The van der Waals surface area contributed by atoms with Crippen molar-refractivity contribution in [3.8, 4) is 0 Å². The largest absolute Gasteiger partial charge is 0.363 e. The summed E-state index contributed by atoms with van der Waals surface area (Å²) in [5, 5.41) is 13.7. The van der Waals surface area contributed by atoms with Gasteiger partial charge in [-0.25, -0.2) is 9.37 Å². The first-order valence-electron chi connectivity index (χ1n) is 5.68. The van der Waals surface area contributed by atoms with Crippen molar-refractivity contribution in [3.63, 3.8) is 0 Å². The first kappa shape index (κ1) is 12.9. The number of hydrogen-bond donors (Lipinski definition) is 1. The van der Waals surface area contributed by atoms with Crippen LogP contribution in [0.15, 0.2) is 42.6 Å². The topological polar surface area (TPSA) is 68.1 Å². The van der Waals surface area contributed by atoms with Crippen molar-refractivity contribution >= 4 is 11.5 Å². The van der Waals surface area contributed by atoms with E-state index >= 15 is 0 Å². The maximum Gasteiger partial charge on any atom is 0.274 e. The number of nitro groups is 1. The van der Waals surface area contributed by atoms with Crippen molar-refractivity contribution in [1.82, 2.24) is 4.98 Å². The van der Waals surface area contributed by atoms with E-state index in [0.29, 0.717) is 5.82 Å². The highest BCUT2D eigenvalue weighted by atomic mass is 19.1. The number of halogens is 1. The summed E-state index contributed by atoms with van der Waals surface area (Å²) in [6, 6.07) is 8.62. The molecule has 2 aromatic rings. The Labute approximate surface area is 109 Å². The molecule has 0 saturated heterocycles. The molecule has 1 aromatic heterocycles. The Bertz CT molecular complexity index is 604. The number of anilines is 1. The first-order chi connectivity index (χ1) is 9.06. The van der Waals surface area contributed by atoms with Crippen molar-refractivity contribution in [2.75, 3.05) is 5.32 Å². The third kappa shape index (κ3) is 3.25. The summed E-state index contributed by atoms with van der Waals surface area (Å²) in [6.45, 7) is 1.83. The van der Waals surface area contributed by atoms with Gasteiger partial charge in [-0.15, -0.1) is 0 Å². The van der Waals surface area contributed by atoms with Gasteiger partial charge < -0.3 is 5.32 Å². The molecule has 0 bridgehead atoms. The molecular formula is C13H12FN3O2. The van der Waals surface area contributed by atoms with E-state index in [1.807, 2.05) is 6.92 Å². The van der Waals surface area contributed by atoms with E-state index in [1.165, 1.54) is 30.5 Å². The van der Waals surface area contributed by atoms with Gasteiger partial charge in [0, 0.05) is 12.3 Å². The number of benzene rings is 1. The molecule has 2 rings (SSSR count). The van der Waals surface area contributed by atoms with E-state index in [1.54, 1.807) is 12.1 Å². The first-order valence-corrected chi connectivity index (χ1v) is 5.68. The monoisotopic (exact) mass is 261 g/mol. The summed E-state index contributed by atoms with van der Waals surface area (Å²) in [4.78, 5) is 14.2. The van der Waals surface area contributed by atoms with E-state index in [2.05, 4.69) is 10.3 Å². The van der Waals surface area contributed by atoms with Gasteiger partial charge >= 0.3 is 0 Å². The third-order valence-corrected chi connectivity index (χ3v) is 2.67. The molecule has 19 heavy (non-hydrogen) atoms. The zero-order chi connectivity index (χ0) is 13.8.